The van der Waals surface area contributed by atoms with Crippen molar-refractivity contribution in [2.45, 2.75) is 44.8 Å². The van der Waals surface area contributed by atoms with Crippen LogP contribution in [0.1, 0.15) is 37.7 Å². The lowest BCUT2D eigenvalue weighted by Gasteiger charge is -2.21. The van der Waals surface area contributed by atoms with Crippen LogP contribution in [-0.2, 0) is 18.3 Å². The quantitative estimate of drug-likeness (QED) is 0.668. The number of rotatable bonds is 3. The minimum absolute atomic E-state index is 0.253. The average molecular weight is 360 g/mol. The number of benzene rings is 1. The van der Waals surface area contributed by atoms with Crippen molar-refractivity contribution in [3.05, 3.63) is 36.2 Å². The van der Waals surface area contributed by atoms with Gasteiger partial charge >= 0.3 is 0 Å². The molecule has 5 rings (SSSR count). The van der Waals surface area contributed by atoms with Crippen LogP contribution in [-0.4, -0.2) is 32.3 Å². The largest absolute Gasteiger partial charge is 0.376 e. The molecule has 5 heteroatoms. The molecule has 5 nitrogen and oxygen atoms in total. The molecular weight excluding hydrogens is 336 g/mol. The van der Waals surface area contributed by atoms with E-state index in [1.54, 1.807) is 0 Å². The maximum Gasteiger partial charge on any atom is 0.115 e. The van der Waals surface area contributed by atoms with Crippen molar-refractivity contribution in [2.75, 3.05) is 6.61 Å². The normalized spacial score (nSPS) is 19.8. The lowest BCUT2D eigenvalue weighted by Crippen LogP contribution is -2.24. The third-order valence-corrected chi connectivity index (χ3v) is 5.50. The molecule has 0 amide bonds. The Morgan fingerprint density at radius 1 is 1.19 bits per heavy atom. The summed E-state index contributed by atoms with van der Waals surface area (Å²) in [5, 5.41) is 9.98. The molecular formula is C22H24N4O. The molecule has 0 N–H and O–H groups in total. The van der Waals surface area contributed by atoms with Crippen LogP contribution in [0.25, 0.3) is 22.2 Å². The second-order valence-corrected chi connectivity index (χ2v) is 7.71. The van der Waals surface area contributed by atoms with Crippen LogP contribution in [0, 0.1) is 17.8 Å². The highest BCUT2D eigenvalue weighted by Gasteiger charge is 2.19. The third kappa shape index (κ3) is 3.38. The molecule has 1 saturated heterocycles. The number of hydrogen-bond acceptors (Lipinski definition) is 3. The number of ether oxygens (including phenoxy) is 1. The number of hydrogen-bond donors (Lipinski definition) is 0. The fraction of sp³-hybridized carbons (Fsp3) is 0.455. The van der Waals surface area contributed by atoms with Gasteiger partial charge in [-0.05, 0) is 50.3 Å². The Kier molecular flexibility index (Phi) is 4.21. The molecule has 1 aromatic carbocycles. The van der Waals surface area contributed by atoms with Gasteiger partial charge in [-0.1, -0.05) is 17.1 Å². The monoisotopic (exact) mass is 360 g/mol. The molecule has 0 bridgehead atoms. The van der Waals surface area contributed by atoms with E-state index < -0.39 is 0 Å². The van der Waals surface area contributed by atoms with Gasteiger partial charge in [0.25, 0.3) is 0 Å². The summed E-state index contributed by atoms with van der Waals surface area (Å²) in [5.74, 6) is 7.36. The van der Waals surface area contributed by atoms with E-state index in [1.165, 1.54) is 36.6 Å². The van der Waals surface area contributed by atoms with Crippen molar-refractivity contribution in [2.24, 2.45) is 13.0 Å². The lowest BCUT2D eigenvalue weighted by molar-refractivity contribution is 0.00370. The van der Waals surface area contributed by atoms with Gasteiger partial charge in [-0.2, -0.15) is 0 Å². The van der Waals surface area contributed by atoms with Crippen LogP contribution in [0.5, 0.6) is 0 Å². The first-order valence-electron chi connectivity index (χ1n) is 9.89. The molecule has 27 heavy (non-hydrogen) atoms. The second-order valence-electron chi connectivity index (χ2n) is 7.71. The highest BCUT2D eigenvalue weighted by Crippen LogP contribution is 2.31. The molecule has 1 saturated carbocycles. The molecule has 2 aromatic heterocycles. The zero-order valence-corrected chi connectivity index (χ0v) is 15.7. The van der Waals surface area contributed by atoms with E-state index in [1.807, 2.05) is 10.9 Å². The highest BCUT2D eigenvalue weighted by atomic mass is 16.5. The molecule has 1 atom stereocenters. The molecule has 1 aliphatic heterocycles. The van der Waals surface area contributed by atoms with E-state index in [2.05, 4.69) is 58.2 Å². The summed E-state index contributed by atoms with van der Waals surface area (Å²) in [7, 11) is 2.07. The van der Waals surface area contributed by atoms with Crippen molar-refractivity contribution in [3.8, 4) is 23.1 Å². The summed E-state index contributed by atoms with van der Waals surface area (Å²) in [6.07, 6.45) is 10.4. The number of fused-ring (bicyclic) bond motifs is 1. The van der Waals surface area contributed by atoms with E-state index in [-0.39, 0.29) is 6.10 Å². The van der Waals surface area contributed by atoms with Crippen LogP contribution in [0.15, 0.2) is 30.6 Å². The summed E-state index contributed by atoms with van der Waals surface area (Å²) in [4.78, 5) is 0. The predicted octanol–water partition coefficient (Wildman–Crippen LogP) is 3.77. The van der Waals surface area contributed by atoms with Gasteiger partial charge in [-0.3, -0.25) is 0 Å². The third-order valence-electron chi connectivity index (χ3n) is 5.50. The minimum atomic E-state index is 0.253. The Bertz CT molecular complexity index is 1030. The van der Waals surface area contributed by atoms with Crippen molar-refractivity contribution < 1.29 is 4.74 Å². The van der Waals surface area contributed by atoms with Crippen molar-refractivity contribution >= 4 is 10.9 Å². The van der Waals surface area contributed by atoms with Gasteiger partial charge in [0.05, 0.1) is 24.4 Å². The Balaban J connectivity index is 1.47. The molecule has 3 aromatic rings. The second kappa shape index (κ2) is 6.86. The standard InChI is InChI=1S/C22H24N4O/c1-25-12-11-19-17(8-7-16-5-6-16)9-10-20(22(19)25)21-15-26(24-23-21)14-18-4-2-3-13-27-18/h9-12,15-16,18H,2-6,13-14H2,1H3/t18-/m1/s1. The summed E-state index contributed by atoms with van der Waals surface area (Å²) in [6, 6.07) is 6.40. The molecule has 0 spiro atoms. The fourth-order valence-electron chi connectivity index (χ4n) is 3.81. The van der Waals surface area contributed by atoms with Crippen LogP contribution < -0.4 is 0 Å². The molecule has 1 aliphatic carbocycles. The van der Waals surface area contributed by atoms with E-state index in [0.29, 0.717) is 5.92 Å². The lowest BCUT2D eigenvalue weighted by atomic mass is 10.0. The van der Waals surface area contributed by atoms with Crippen molar-refractivity contribution in [3.63, 3.8) is 0 Å². The van der Waals surface area contributed by atoms with Crippen LogP contribution in [0.4, 0.5) is 0 Å². The van der Waals surface area contributed by atoms with Gasteiger partial charge in [0.1, 0.15) is 5.69 Å². The Morgan fingerprint density at radius 2 is 2.11 bits per heavy atom. The van der Waals surface area contributed by atoms with E-state index in [4.69, 9.17) is 4.74 Å². The molecule has 138 valence electrons. The molecule has 0 radical (unpaired) electrons. The smallest absolute Gasteiger partial charge is 0.115 e. The van der Waals surface area contributed by atoms with Crippen LogP contribution >= 0.6 is 0 Å². The summed E-state index contributed by atoms with van der Waals surface area (Å²) in [5.41, 5.74) is 4.27. The minimum Gasteiger partial charge on any atom is -0.376 e. The van der Waals surface area contributed by atoms with Crippen molar-refractivity contribution in [1.82, 2.24) is 19.6 Å². The average Bonchev–Trinajstić information content (AvgIpc) is 3.28. The van der Waals surface area contributed by atoms with Crippen molar-refractivity contribution in [1.29, 1.82) is 0 Å². The Labute approximate surface area is 159 Å². The number of aryl methyl sites for hydroxylation is 1. The van der Waals surface area contributed by atoms with Gasteiger partial charge < -0.3 is 9.30 Å². The Morgan fingerprint density at radius 3 is 2.93 bits per heavy atom. The molecule has 2 fully saturated rings. The highest BCUT2D eigenvalue weighted by molar-refractivity contribution is 5.97. The fourth-order valence-corrected chi connectivity index (χ4v) is 3.81. The van der Waals surface area contributed by atoms with Crippen LogP contribution in [0.2, 0.25) is 0 Å². The SMILES string of the molecule is Cn1ccc2c(C#CC3CC3)ccc(-c3cn(C[C@H]4CCCCO4)nn3)c21. The zero-order valence-electron chi connectivity index (χ0n) is 15.7. The number of nitrogens with zero attached hydrogens (tertiary/aromatic N) is 4. The predicted molar refractivity (Wildman–Crippen MR) is 105 cm³/mol. The van der Waals surface area contributed by atoms with Gasteiger partial charge in [0, 0.05) is 42.3 Å². The molecule has 0 unspecified atom stereocenters. The van der Waals surface area contributed by atoms with Gasteiger partial charge in [0.15, 0.2) is 0 Å². The topological polar surface area (TPSA) is 44.9 Å². The summed E-state index contributed by atoms with van der Waals surface area (Å²) in [6.45, 7) is 1.63. The van der Waals surface area contributed by atoms with E-state index in [0.717, 1.165) is 36.4 Å². The van der Waals surface area contributed by atoms with Gasteiger partial charge in [-0.15, -0.1) is 5.10 Å². The van der Waals surface area contributed by atoms with Gasteiger partial charge in [-0.25, -0.2) is 4.68 Å². The molecule has 3 heterocycles. The summed E-state index contributed by atoms with van der Waals surface area (Å²) >= 11 is 0. The van der Waals surface area contributed by atoms with E-state index >= 15 is 0 Å². The Hall–Kier alpha value is -2.58. The summed E-state index contributed by atoms with van der Waals surface area (Å²) < 4.78 is 9.90. The molecule has 2 aliphatic rings. The number of aromatic nitrogens is 4. The van der Waals surface area contributed by atoms with Gasteiger partial charge in [0.2, 0.25) is 0 Å². The van der Waals surface area contributed by atoms with E-state index in [9.17, 15) is 0 Å². The maximum absolute atomic E-state index is 5.83. The first-order chi connectivity index (χ1) is 13.3. The first-order valence-corrected chi connectivity index (χ1v) is 9.89. The first kappa shape index (κ1) is 16.6. The zero-order chi connectivity index (χ0) is 18.2. The maximum atomic E-state index is 5.83. The van der Waals surface area contributed by atoms with Crippen LogP contribution in [0.3, 0.4) is 0 Å².